The van der Waals surface area contributed by atoms with Crippen LogP contribution in [0.3, 0.4) is 0 Å². The average molecular weight is 319 g/mol. The van der Waals surface area contributed by atoms with Crippen molar-refractivity contribution in [2.24, 2.45) is 53.3 Å². The third-order valence-electron chi connectivity index (χ3n) is 9.01. The summed E-state index contributed by atoms with van der Waals surface area (Å²) in [5.41, 5.74) is 0. The van der Waals surface area contributed by atoms with Gasteiger partial charge in [-0.25, -0.2) is 0 Å². The molecular weight excluding hydrogens is 276 g/mol. The largest absolute Gasteiger partial charge is 0.0622 e. The van der Waals surface area contributed by atoms with E-state index in [1.54, 1.807) is 6.42 Å². The van der Waals surface area contributed by atoms with Gasteiger partial charge in [0.25, 0.3) is 0 Å². The predicted molar refractivity (Wildman–Crippen MR) is 101 cm³/mol. The van der Waals surface area contributed by atoms with Crippen molar-refractivity contribution in [3.8, 4) is 0 Å². The predicted octanol–water partition coefficient (Wildman–Crippen LogP) is 7.18. The monoisotopic (exact) mass is 318 g/mol. The summed E-state index contributed by atoms with van der Waals surface area (Å²) in [5.74, 6) is 8.93. The molecule has 0 bridgehead atoms. The SMILES string of the molecule is CC1CCCCC1C1CC(C2CCCCC2C)C(C)C(C)C1C. The second-order valence-electron chi connectivity index (χ2n) is 9.99. The summed E-state index contributed by atoms with van der Waals surface area (Å²) in [7, 11) is 0. The zero-order chi connectivity index (χ0) is 16.6. The Kier molecular flexibility index (Phi) is 5.80. The van der Waals surface area contributed by atoms with Crippen LogP contribution in [0.5, 0.6) is 0 Å². The molecule has 0 amide bonds. The van der Waals surface area contributed by atoms with Gasteiger partial charge in [0.15, 0.2) is 0 Å². The maximum absolute atomic E-state index is 2.60. The molecule has 8 atom stereocenters. The smallest absolute Gasteiger partial charge is 0.0352 e. The van der Waals surface area contributed by atoms with E-state index in [1.165, 1.54) is 51.4 Å². The number of hydrogen-bond donors (Lipinski definition) is 0. The van der Waals surface area contributed by atoms with E-state index in [0.717, 1.165) is 53.3 Å². The molecule has 0 aromatic heterocycles. The molecule has 23 heavy (non-hydrogen) atoms. The molecule has 0 heterocycles. The highest BCUT2D eigenvalue weighted by Gasteiger charge is 2.46. The van der Waals surface area contributed by atoms with Gasteiger partial charge in [-0.15, -0.1) is 0 Å². The van der Waals surface area contributed by atoms with Crippen molar-refractivity contribution in [2.75, 3.05) is 0 Å². The van der Waals surface area contributed by atoms with E-state index < -0.39 is 0 Å². The van der Waals surface area contributed by atoms with Gasteiger partial charge in [-0.05, 0) is 72.5 Å². The van der Waals surface area contributed by atoms with Crippen LogP contribution in [0.1, 0.15) is 92.4 Å². The van der Waals surface area contributed by atoms with Gasteiger partial charge in [-0.2, -0.15) is 0 Å². The molecule has 0 aromatic carbocycles. The summed E-state index contributed by atoms with van der Waals surface area (Å²) >= 11 is 0. The van der Waals surface area contributed by atoms with Gasteiger partial charge >= 0.3 is 0 Å². The van der Waals surface area contributed by atoms with Crippen LogP contribution in [0.4, 0.5) is 0 Å². The Balaban J connectivity index is 1.77. The highest BCUT2D eigenvalue weighted by molar-refractivity contribution is 4.95. The normalized spacial score (nSPS) is 52.3. The van der Waals surface area contributed by atoms with E-state index in [4.69, 9.17) is 0 Å². The first-order valence-electron chi connectivity index (χ1n) is 11.0. The molecule has 0 nitrogen and oxygen atoms in total. The molecule has 134 valence electrons. The maximum Gasteiger partial charge on any atom is -0.0352 e. The second-order valence-corrected chi connectivity index (χ2v) is 9.99. The van der Waals surface area contributed by atoms with Crippen molar-refractivity contribution < 1.29 is 0 Å². The first-order valence-corrected chi connectivity index (χ1v) is 11.0. The van der Waals surface area contributed by atoms with Crippen molar-refractivity contribution in [2.45, 2.75) is 92.4 Å². The summed E-state index contributed by atoms with van der Waals surface area (Å²) in [5, 5.41) is 0. The van der Waals surface area contributed by atoms with Crippen molar-refractivity contribution in [1.29, 1.82) is 0 Å². The Hall–Kier alpha value is 0. The van der Waals surface area contributed by atoms with Crippen molar-refractivity contribution in [1.82, 2.24) is 0 Å². The van der Waals surface area contributed by atoms with Gasteiger partial charge in [0.05, 0.1) is 0 Å². The fraction of sp³-hybridized carbons (Fsp3) is 1.00. The lowest BCUT2D eigenvalue weighted by molar-refractivity contribution is -0.0317. The Morgan fingerprint density at radius 3 is 1.22 bits per heavy atom. The van der Waals surface area contributed by atoms with Gasteiger partial charge in [0.1, 0.15) is 0 Å². The van der Waals surface area contributed by atoms with Crippen LogP contribution < -0.4 is 0 Å². The van der Waals surface area contributed by atoms with Crippen LogP contribution in [-0.4, -0.2) is 0 Å². The van der Waals surface area contributed by atoms with Gasteiger partial charge in [-0.3, -0.25) is 0 Å². The van der Waals surface area contributed by atoms with Crippen LogP contribution >= 0.6 is 0 Å². The van der Waals surface area contributed by atoms with Crippen molar-refractivity contribution in [3.05, 3.63) is 0 Å². The van der Waals surface area contributed by atoms with Crippen LogP contribution in [0.25, 0.3) is 0 Å². The molecule has 0 aliphatic heterocycles. The molecule has 3 saturated carbocycles. The van der Waals surface area contributed by atoms with Crippen LogP contribution in [-0.2, 0) is 0 Å². The minimum Gasteiger partial charge on any atom is -0.0622 e. The van der Waals surface area contributed by atoms with Gasteiger partial charge in [0.2, 0.25) is 0 Å². The molecule has 3 aliphatic carbocycles. The first-order chi connectivity index (χ1) is 11.0. The van der Waals surface area contributed by atoms with Gasteiger partial charge < -0.3 is 0 Å². The summed E-state index contributed by atoms with van der Waals surface area (Å²) in [6, 6.07) is 0. The minimum absolute atomic E-state index is 0.932. The standard InChI is InChI=1S/C23H42/c1-15-10-6-8-12-20(15)22-14-23(19(5)17(3)18(22)4)21-13-9-7-11-16(21)2/h15-23H,6-14H2,1-5H3. The van der Waals surface area contributed by atoms with E-state index in [9.17, 15) is 0 Å². The lowest BCUT2D eigenvalue weighted by Gasteiger charge is -2.52. The lowest BCUT2D eigenvalue weighted by Crippen LogP contribution is -2.45. The summed E-state index contributed by atoms with van der Waals surface area (Å²) < 4.78 is 0. The molecule has 8 unspecified atom stereocenters. The molecule has 0 saturated heterocycles. The van der Waals surface area contributed by atoms with Gasteiger partial charge in [-0.1, -0.05) is 73.1 Å². The van der Waals surface area contributed by atoms with E-state index in [0.29, 0.717) is 0 Å². The van der Waals surface area contributed by atoms with Crippen LogP contribution in [0.15, 0.2) is 0 Å². The molecule has 3 aliphatic rings. The fourth-order valence-corrected chi connectivity index (χ4v) is 7.09. The average Bonchev–Trinajstić information content (AvgIpc) is 2.55. The second kappa shape index (κ2) is 7.49. The number of hydrogen-bond acceptors (Lipinski definition) is 0. The zero-order valence-corrected chi connectivity index (χ0v) is 16.6. The topological polar surface area (TPSA) is 0 Å². The quantitative estimate of drug-likeness (QED) is 0.505. The molecular formula is C23H42. The first kappa shape index (κ1) is 17.8. The molecule has 3 fully saturated rings. The summed E-state index contributed by atoms with van der Waals surface area (Å²) in [6.07, 6.45) is 13.6. The minimum atomic E-state index is 0.932. The Labute approximate surface area is 146 Å². The van der Waals surface area contributed by atoms with E-state index in [1.807, 2.05) is 0 Å². The third kappa shape index (κ3) is 3.52. The van der Waals surface area contributed by atoms with Crippen molar-refractivity contribution in [3.63, 3.8) is 0 Å². The summed E-state index contributed by atoms with van der Waals surface area (Å²) in [6.45, 7) is 12.9. The van der Waals surface area contributed by atoms with E-state index in [-0.39, 0.29) is 0 Å². The third-order valence-corrected chi connectivity index (χ3v) is 9.01. The molecule has 0 spiro atoms. The zero-order valence-electron chi connectivity index (χ0n) is 16.6. The molecule has 0 heteroatoms. The fourth-order valence-electron chi connectivity index (χ4n) is 7.09. The molecule has 0 N–H and O–H groups in total. The summed E-state index contributed by atoms with van der Waals surface area (Å²) in [4.78, 5) is 0. The van der Waals surface area contributed by atoms with Crippen LogP contribution in [0.2, 0.25) is 0 Å². The lowest BCUT2D eigenvalue weighted by atomic mass is 9.53. The Morgan fingerprint density at radius 2 is 0.826 bits per heavy atom. The van der Waals surface area contributed by atoms with E-state index in [2.05, 4.69) is 34.6 Å². The molecule has 0 radical (unpaired) electrons. The van der Waals surface area contributed by atoms with Crippen molar-refractivity contribution >= 4 is 0 Å². The Bertz CT molecular complexity index is 338. The maximum atomic E-state index is 2.60. The van der Waals surface area contributed by atoms with Gasteiger partial charge in [0, 0.05) is 0 Å². The van der Waals surface area contributed by atoms with E-state index >= 15 is 0 Å². The highest BCUT2D eigenvalue weighted by Crippen LogP contribution is 2.53. The number of rotatable bonds is 2. The highest BCUT2D eigenvalue weighted by atomic mass is 14.5. The molecule has 0 aromatic rings. The van der Waals surface area contributed by atoms with Crippen LogP contribution in [0, 0.1) is 53.3 Å². The Morgan fingerprint density at radius 1 is 0.435 bits per heavy atom. The molecule has 3 rings (SSSR count).